The number of aromatic amines is 1. The number of benzene rings is 1. The van der Waals surface area contributed by atoms with E-state index in [1.807, 2.05) is 23.1 Å². The summed E-state index contributed by atoms with van der Waals surface area (Å²) in [6.45, 7) is 5.47. The van der Waals surface area contributed by atoms with Gasteiger partial charge in [0.15, 0.2) is 5.69 Å². The van der Waals surface area contributed by atoms with Crippen molar-refractivity contribution in [2.75, 3.05) is 39.3 Å². The molecule has 1 aromatic carbocycles. The first kappa shape index (κ1) is 18.6. The van der Waals surface area contributed by atoms with Crippen molar-refractivity contribution < 1.29 is 9.59 Å². The molecule has 1 saturated heterocycles. The Morgan fingerprint density at radius 1 is 1.11 bits per heavy atom. The molecule has 0 atom stereocenters. The third kappa shape index (κ3) is 4.23. The molecule has 0 spiro atoms. The summed E-state index contributed by atoms with van der Waals surface area (Å²) in [6.07, 6.45) is 0.835. The maximum absolute atomic E-state index is 12.5. The van der Waals surface area contributed by atoms with Gasteiger partial charge in [0.1, 0.15) is 0 Å². The normalized spacial score (nSPS) is 17.2. The minimum atomic E-state index is -0.294. The van der Waals surface area contributed by atoms with Crippen molar-refractivity contribution in [3.63, 3.8) is 0 Å². The van der Waals surface area contributed by atoms with E-state index >= 15 is 0 Å². The zero-order chi connectivity index (χ0) is 19.3. The van der Waals surface area contributed by atoms with Crippen LogP contribution in [0.1, 0.15) is 27.3 Å². The topological polar surface area (TPSA) is 93.4 Å². The van der Waals surface area contributed by atoms with Crippen molar-refractivity contribution in [3.05, 3.63) is 52.8 Å². The van der Waals surface area contributed by atoms with E-state index in [1.54, 1.807) is 0 Å². The Morgan fingerprint density at radius 3 is 2.68 bits per heavy atom. The van der Waals surface area contributed by atoms with E-state index in [0.717, 1.165) is 43.9 Å². The first-order valence-electron chi connectivity index (χ1n) is 9.80. The molecule has 0 aliphatic carbocycles. The molecule has 0 saturated carbocycles. The van der Waals surface area contributed by atoms with Crippen LogP contribution in [0.15, 0.2) is 30.3 Å². The second kappa shape index (κ2) is 8.53. The van der Waals surface area contributed by atoms with Gasteiger partial charge < -0.3 is 15.5 Å². The number of rotatable bonds is 5. The maximum atomic E-state index is 12.5. The predicted molar refractivity (Wildman–Crippen MR) is 105 cm³/mol. The summed E-state index contributed by atoms with van der Waals surface area (Å²) < 4.78 is 0. The molecule has 148 valence electrons. The minimum absolute atomic E-state index is 0.00653. The molecule has 1 aromatic heterocycles. The molecule has 8 nitrogen and oxygen atoms in total. The highest BCUT2D eigenvalue weighted by atomic mass is 16.2. The van der Waals surface area contributed by atoms with Crippen LogP contribution in [0.3, 0.4) is 0 Å². The average Bonchev–Trinajstić information content (AvgIpc) is 3.17. The number of nitrogens with one attached hydrogen (secondary N) is 3. The first-order valence-corrected chi connectivity index (χ1v) is 9.80. The van der Waals surface area contributed by atoms with Crippen LogP contribution < -0.4 is 10.6 Å². The molecular formula is C20H26N6O2. The second-order valence-electron chi connectivity index (χ2n) is 7.28. The highest BCUT2D eigenvalue weighted by Crippen LogP contribution is 2.15. The van der Waals surface area contributed by atoms with Crippen molar-refractivity contribution in [3.8, 4) is 0 Å². The Bertz CT molecular complexity index is 826. The van der Waals surface area contributed by atoms with Crippen LogP contribution in [0.5, 0.6) is 0 Å². The predicted octanol–water partition coefficient (Wildman–Crippen LogP) is 0.130. The lowest BCUT2D eigenvalue weighted by atomic mass is 10.1. The molecular weight excluding hydrogens is 356 g/mol. The number of carbonyl (C=O) groups excluding carboxylic acids is 2. The van der Waals surface area contributed by atoms with Crippen LogP contribution in [0.4, 0.5) is 0 Å². The fraction of sp³-hybridized carbons (Fsp3) is 0.450. The van der Waals surface area contributed by atoms with E-state index in [2.05, 4.69) is 37.9 Å². The van der Waals surface area contributed by atoms with Gasteiger partial charge in [0, 0.05) is 63.5 Å². The van der Waals surface area contributed by atoms with E-state index in [9.17, 15) is 9.59 Å². The fourth-order valence-corrected chi connectivity index (χ4v) is 3.76. The number of aromatic nitrogens is 2. The summed E-state index contributed by atoms with van der Waals surface area (Å²) in [7, 11) is 0. The molecule has 0 unspecified atom stereocenters. The van der Waals surface area contributed by atoms with Crippen LogP contribution in [-0.2, 0) is 24.3 Å². The van der Waals surface area contributed by atoms with Gasteiger partial charge in [-0.15, -0.1) is 0 Å². The van der Waals surface area contributed by atoms with Gasteiger partial charge in [0.2, 0.25) is 5.91 Å². The lowest BCUT2D eigenvalue weighted by Crippen LogP contribution is -2.50. The molecule has 3 N–H and O–H groups in total. The number of fused-ring (bicyclic) bond motifs is 1. The Balaban J connectivity index is 1.24. The van der Waals surface area contributed by atoms with Crippen LogP contribution in [0.2, 0.25) is 0 Å². The van der Waals surface area contributed by atoms with Crippen LogP contribution in [0.25, 0.3) is 0 Å². The molecule has 1 fully saturated rings. The average molecular weight is 382 g/mol. The highest BCUT2D eigenvalue weighted by Gasteiger charge is 2.24. The number of H-pyrrole nitrogens is 1. The summed E-state index contributed by atoms with van der Waals surface area (Å²) in [6, 6.07) is 10.4. The van der Waals surface area contributed by atoms with Gasteiger partial charge >= 0.3 is 0 Å². The van der Waals surface area contributed by atoms with Crippen LogP contribution in [0, 0.1) is 0 Å². The highest BCUT2D eigenvalue weighted by molar-refractivity contribution is 5.96. The summed E-state index contributed by atoms with van der Waals surface area (Å²) in [5.74, 6) is -0.340. The maximum Gasteiger partial charge on any atom is 0.272 e. The molecule has 2 amide bonds. The number of piperazine rings is 1. The molecule has 4 rings (SSSR count). The summed E-state index contributed by atoms with van der Waals surface area (Å²) in [5.41, 5.74) is 3.59. The third-order valence-corrected chi connectivity index (χ3v) is 5.40. The van der Waals surface area contributed by atoms with Gasteiger partial charge in [-0.05, 0) is 5.56 Å². The van der Waals surface area contributed by atoms with Gasteiger partial charge in [-0.2, -0.15) is 5.10 Å². The number of carbonyl (C=O) groups is 2. The van der Waals surface area contributed by atoms with Crippen molar-refractivity contribution in [2.24, 2.45) is 0 Å². The van der Waals surface area contributed by atoms with Gasteiger partial charge in [0.25, 0.3) is 5.91 Å². The Labute approximate surface area is 164 Å². The molecule has 0 bridgehead atoms. The molecule has 28 heavy (non-hydrogen) atoms. The zero-order valence-electron chi connectivity index (χ0n) is 15.9. The van der Waals surface area contributed by atoms with Gasteiger partial charge in [-0.1, -0.05) is 30.3 Å². The van der Waals surface area contributed by atoms with E-state index in [-0.39, 0.29) is 18.4 Å². The quantitative estimate of drug-likeness (QED) is 0.684. The number of amides is 2. The summed E-state index contributed by atoms with van der Waals surface area (Å²) >= 11 is 0. The first-order chi connectivity index (χ1) is 13.7. The standard InChI is InChI=1S/C20H26N6O2/c27-18(13-22-20(28)19-16-12-21-7-6-17(16)23-24-19)26-10-8-25(9-11-26)14-15-4-2-1-3-5-15/h1-5,21H,6-14H2,(H,22,28)(H,23,24). The monoisotopic (exact) mass is 382 g/mol. The zero-order valence-corrected chi connectivity index (χ0v) is 15.9. The van der Waals surface area contributed by atoms with Crippen LogP contribution >= 0.6 is 0 Å². The van der Waals surface area contributed by atoms with Crippen molar-refractivity contribution >= 4 is 11.8 Å². The Morgan fingerprint density at radius 2 is 1.89 bits per heavy atom. The van der Waals surface area contributed by atoms with Gasteiger partial charge in [0.05, 0.1) is 6.54 Å². The smallest absolute Gasteiger partial charge is 0.272 e. The summed E-state index contributed by atoms with van der Waals surface area (Å²) in [4.78, 5) is 29.1. The Hall–Kier alpha value is -2.71. The summed E-state index contributed by atoms with van der Waals surface area (Å²) in [5, 5.41) is 13.0. The third-order valence-electron chi connectivity index (χ3n) is 5.40. The van der Waals surface area contributed by atoms with E-state index in [1.165, 1.54) is 5.56 Å². The SMILES string of the molecule is O=C(NCC(=O)N1CCN(Cc2ccccc2)CC1)c1n[nH]c2c1CNCC2. The molecule has 8 heteroatoms. The van der Waals surface area contributed by atoms with E-state index in [4.69, 9.17) is 0 Å². The van der Waals surface area contributed by atoms with Crippen molar-refractivity contribution in [2.45, 2.75) is 19.5 Å². The molecule has 3 heterocycles. The van der Waals surface area contributed by atoms with E-state index < -0.39 is 0 Å². The van der Waals surface area contributed by atoms with Crippen molar-refractivity contribution in [1.29, 1.82) is 0 Å². The van der Waals surface area contributed by atoms with Crippen LogP contribution in [-0.4, -0.2) is 71.1 Å². The minimum Gasteiger partial charge on any atom is -0.342 e. The largest absolute Gasteiger partial charge is 0.342 e. The molecule has 2 aliphatic heterocycles. The molecule has 2 aromatic rings. The Kier molecular flexibility index (Phi) is 5.68. The lowest BCUT2D eigenvalue weighted by Gasteiger charge is -2.34. The molecule has 0 radical (unpaired) electrons. The molecule has 2 aliphatic rings. The second-order valence-corrected chi connectivity index (χ2v) is 7.28. The van der Waals surface area contributed by atoms with Gasteiger partial charge in [-0.3, -0.25) is 19.6 Å². The fourth-order valence-electron chi connectivity index (χ4n) is 3.76. The van der Waals surface area contributed by atoms with E-state index in [0.29, 0.717) is 25.3 Å². The van der Waals surface area contributed by atoms with Crippen molar-refractivity contribution in [1.82, 2.24) is 30.6 Å². The number of hydrogen-bond acceptors (Lipinski definition) is 5. The van der Waals surface area contributed by atoms with Gasteiger partial charge in [-0.25, -0.2) is 0 Å². The lowest BCUT2D eigenvalue weighted by molar-refractivity contribution is -0.131. The number of hydrogen-bond donors (Lipinski definition) is 3. The number of nitrogens with zero attached hydrogens (tertiary/aromatic N) is 3.